The van der Waals surface area contributed by atoms with Crippen molar-refractivity contribution in [2.24, 2.45) is 0 Å². The van der Waals surface area contributed by atoms with Crippen LogP contribution in [0, 0.1) is 0 Å². The predicted molar refractivity (Wildman–Crippen MR) is 85.1 cm³/mol. The molecular formula is C13H3Cl5F3NO. The summed E-state index contributed by atoms with van der Waals surface area (Å²) < 4.78 is 38.6. The number of benzene rings is 1. The zero-order chi connectivity index (χ0) is 17.5. The molecule has 23 heavy (non-hydrogen) atoms. The van der Waals surface area contributed by atoms with Gasteiger partial charge in [-0.3, -0.25) is 4.79 Å². The van der Waals surface area contributed by atoms with Gasteiger partial charge in [-0.05, 0) is 12.1 Å². The van der Waals surface area contributed by atoms with Gasteiger partial charge in [0.05, 0.1) is 30.8 Å². The maximum atomic E-state index is 12.9. The molecule has 0 saturated heterocycles. The number of pyridine rings is 1. The van der Waals surface area contributed by atoms with Crippen molar-refractivity contribution in [1.29, 1.82) is 0 Å². The van der Waals surface area contributed by atoms with E-state index in [9.17, 15) is 18.0 Å². The lowest BCUT2D eigenvalue weighted by Gasteiger charge is -2.15. The normalized spacial score (nSPS) is 11.7. The van der Waals surface area contributed by atoms with Crippen LogP contribution in [-0.4, -0.2) is 11.3 Å². The lowest BCUT2D eigenvalue weighted by atomic mass is 10.1. The minimum absolute atomic E-state index is 0.160. The highest BCUT2D eigenvalue weighted by Crippen LogP contribution is 2.48. The summed E-state index contributed by atoms with van der Waals surface area (Å²) in [5.74, 6) is 0. The molecule has 0 amide bonds. The first kappa shape index (κ1) is 18.6. The molecule has 1 aromatic carbocycles. The third-order valence-electron chi connectivity index (χ3n) is 2.79. The highest BCUT2D eigenvalue weighted by molar-refractivity contribution is 6.56. The Morgan fingerprint density at radius 2 is 1.35 bits per heavy atom. The maximum Gasteiger partial charge on any atom is 0.433 e. The summed E-state index contributed by atoms with van der Waals surface area (Å²) in [6, 6.07) is 1.61. The molecule has 0 saturated carbocycles. The van der Waals surface area contributed by atoms with Gasteiger partial charge in [-0.15, -0.1) is 0 Å². The number of carbonyl (C=O) groups is 1. The van der Waals surface area contributed by atoms with Crippen LogP contribution in [-0.2, 0) is 6.18 Å². The molecule has 10 heteroatoms. The Labute approximate surface area is 153 Å². The number of halogens is 8. The van der Waals surface area contributed by atoms with Gasteiger partial charge >= 0.3 is 6.18 Å². The second kappa shape index (κ2) is 6.65. The third-order valence-corrected chi connectivity index (χ3v) is 5.07. The number of aromatic nitrogens is 1. The van der Waals surface area contributed by atoms with Crippen molar-refractivity contribution in [3.8, 4) is 11.3 Å². The molecular weight excluding hydrogens is 420 g/mol. The average Bonchev–Trinajstić information content (AvgIpc) is 2.50. The smallest absolute Gasteiger partial charge is 0.298 e. The van der Waals surface area contributed by atoms with Crippen LogP contribution < -0.4 is 0 Å². The largest absolute Gasteiger partial charge is 0.433 e. The highest BCUT2D eigenvalue weighted by atomic mass is 35.5. The van der Waals surface area contributed by atoms with Gasteiger partial charge in [-0.1, -0.05) is 58.0 Å². The van der Waals surface area contributed by atoms with Gasteiger partial charge in [-0.25, -0.2) is 4.98 Å². The molecule has 0 radical (unpaired) electrons. The zero-order valence-electron chi connectivity index (χ0n) is 10.6. The van der Waals surface area contributed by atoms with Crippen LogP contribution in [0.15, 0.2) is 12.1 Å². The van der Waals surface area contributed by atoms with Crippen molar-refractivity contribution in [3.05, 3.63) is 48.5 Å². The Morgan fingerprint density at radius 3 is 1.78 bits per heavy atom. The van der Waals surface area contributed by atoms with Gasteiger partial charge in [0.25, 0.3) is 0 Å². The van der Waals surface area contributed by atoms with Crippen molar-refractivity contribution in [1.82, 2.24) is 4.98 Å². The number of nitrogens with zero attached hydrogens (tertiary/aromatic N) is 1. The zero-order valence-corrected chi connectivity index (χ0v) is 14.4. The maximum absolute atomic E-state index is 12.9. The van der Waals surface area contributed by atoms with Crippen molar-refractivity contribution in [2.45, 2.75) is 6.18 Å². The molecule has 0 unspecified atom stereocenters. The summed E-state index contributed by atoms with van der Waals surface area (Å²) in [5.41, 5.74) is -2.00. The Hall–Kier alpha value is -0.720. The lowest BCUT2D eigenvalue weighted by molar-refractivity contribution is -0.141. The minimum atomic E-state index is -4.73. The molecule has 2 rings (SSSR count). The van der Waals surface area contributed by atoms with Crippen molar-refractivity contribution >= 4 is 64.3 Å². The van der Waals surface area contributed by atoms with E-state index in [-0.39, 0.29) is 36.2 Å². The molecule has 0 aliphatic rings. The van der Waals surface area contributed by atoms with Crippen LogP contribution in [0.2, 0.25) is 25.1 Å². The summed E-state index contributed by atoms with van der Waals surface area (Å²) in [4.78, 5) is 14.6. The first-order valence-electron chi connectivity index (χ1n) is 5.64. The molecule has 2 nitrogen and oxygen atoms in total. The molecule has 0 bridgehead atoms. The molecule has 0 aliphatic heterocycles. The fourth-order valence-electron chi connectivity index (χ4n) is 1.74. The number of rotatable bonds is 2. The van der Waals surface area contributed by atoms with E-state index < -0.39 is 17.6 Å². The van der Waals surface area contributed by atoms with E-state index in [2.05, 4.69) is 4.98 Å². The molecule has 1 aromatic heterocycles. The van der Waals surface area contributed by atoms with Crippen LogP contribution in [0.3, 0.4) is 0 Å². The number of alkyl halides is 3. The van der Waals surface area contributed by atoms with Crippen molar-refractivity contribution < 1.29 is 18.0 Å². The summed E-state index contributed by atoms with van der Waals surface area (Å²) in [7, 11) is 0. The monoisotopic (exact) mass is 421 g/mol. The summed E-state index contributed by atoms with van der Waals surface area (Å²) in [6.07, 6.45) is -4.42. The molecule has 0 fully saturated rings. The lowest BCUT2D eigenvalue weighted by Crippen LogP contribution is -2.10. The van der Waals surface area contributed by atoms with Gasteiger partial charge in [-0.2, -0.15) is 13.2 Å². The molecule has 0 atom stereocenters. The molecule has 122 valence electrons. The SMILES string of the molecule is O=Cc1ccc(C(F)(F)F)nc1-c1c(Cl)c(Cl)c(Cl)c(Cl)c1Cl. The third kappa shape index (κ3) is 3.39. The van der Waals surface area contributed by atoms with Gasteiger partial charge < -0.3 is 0 Å². The van der Waals surface area contributed by atoms with E-state index >= 15 is 0 Å². The number of hydrogen-bond acceptors (Lipinski definition) is 2. The van der Waals surface area contributed by atoms with Gasteiger partial charge in [0, 0.05) is 11.1 Å². The Morgan fingerprint density at radius 1 is 0.870 bits per heavy atom. The average molecular weight is 423 g/mol. The fraction of sp³-hybridized carbons (Fsp3) is 0.0769. The fourth-order valence-corrected chi connectivity index (χ4v) is 3.05. The standard InChI is InChI=1S/C13H3Cl5F3NO/c14-7-6(8(15)10(17)11(18)9(7)16)12-4(3-23)1-2-5(22-12)13(19,20)21/h1-3H. The van der Waals surface area contributed by atoms with Crippen LogP contribution >= 0.6 is 58.0 Å². The molecule has 1 heterocycles. The molecule has 0 N–H and O–H groups in total. The molecule has 0 aliphatic carbocycles. The molecule has 0 spiro atoms. The predicted octanol–water partition coefficient (Wildman–Crippen LogP) is 6.85. The van der Waals surface area contributed by atoms with E-state index in [1.165, 1.54) is 0 Å². The first-order chi connectivity index (χ1) is 10.6. The van der Waals surface area contributed by atoms with Crippen LogP contribution in [0.25, 0.3) is 11.3 Å². The van der Waals surface area contributed by atoms with Crippen molar-refractivity contribution in [2.75, 3.05) is 0 Å². The van der Waals surface area contributed by atoms with E-state index in [4.69, 9.17) is 58.0 Å². The van der Waals surface area contributed by atoms with Crippen LogP contribution in [0.1, 0.15) is 16.1 Å². The van der Waals surface area contributed by atoms with Crippen molar-refractivity contribution in [3.63, 3.8) is 0 Å². The Kier molecular flexibility index (Phi) is 5.38. The number of hydrogen-bond donors (Lipinski definition) is 0. The van der Waals surface area contributed by atoms with Gasteiger partial charge in [0.1, 0.15) is 5.69 Å². The van der Waals surface area contributed by atoms with Gasteiger partial charge in [0.15, 0.2) is 6.29 Å². The summed E-state index contributed by atoms with van der Waals surface area (Å²) in [5, 5.41) is -1.11. The minimum Gasteiger partial charge on any atom is -0.298 e. The van der Waals surface area contributed by atoms with E-state index in [1.807, 2.05) is 0 Å². The Balaban J connectivity index is 2.89. The number of carbonyl (C=O) groups excluding carboxylic acids is 1. The summed E-state index contributed by atoms with van der Waals surface area (Å²) >= 11 is 29.6. The first-order valence-corrected chi connectivity index (χ1v) is 7.53. The van der Waals surface area contributed by atoms with Crippen LogP contribution in [0.4, 0.5) is 13.2 Å². The molecule has 2 aromatic rings. The summed E-state index contributed by atoms with van der Waals surface area (Å²) in [6.45, 7) is 0. The topological polar surface area (TPSA) is 30.0 Å². The number of aldehydes is 1. The van der Waals surface area contributed by atoms with E-state index in [0.717, 1.165) is 6.07 Å². The Bertz CT molecular complexity index is 778. The highest BCUT2D eigenvalue weighted by Gasteiger charge is 2.34. The van der Waals surface area contributed by atoms with E-state index in [0.29, 0.717) is 12.4 Å². The second-order valence-electron chi connectivity index (χ2n) is 4.19. The quantitative estimate of drug-likeness (QED) is 0.300. The second-order valence-corrected chi connectivity index (χ2v) is 6.08. The van der Waals surface area contributed by atoms with Gasteiger partial charge in [0.2, 0.25) is 0 Å². The van der Waals surface area contributed by atoms with Crippen LogP contribution in [0.5, 0.6) is 0 Å². The van der Waals surface area contributed by atoms with E-state index in [1.54, 1.807) is 0 Å².